The second kappa shape index (κ2) is 6.45. The lowest BCUT2D eigenvalue weighted by Gasteiger charge is -2.27. The monoisotopic (exact) mass is 288 g/mol. The van der Waals surface area contributed by atoms with E-state index in [0.29, 0.717) is 15.9 Å². The number of halogens is 2. The molecule has 2 heterocycles. The SMILES string of the molecule is NNc1nc(N2CCCCCCC2)c(Cl)cc1Cl. The Morgan fingerprint density at radius 3 is 2.28 bits per heavy atom. The normalized spacial score (nSPS) is 17.2. The minimum Gasteiger partial charge on any atom is -0.355 e. The van der Waals surface area contributed by atoms with Crippen molar-refractivity contribution >= 4 is 34.8 Å². The molecule has 4 nitrogen and oxygen atoms in total. The summed E-state index contributed by atoms with van der Waals surface area (Å²) in [5.74, 6) is 6.64. The van der Waals surface area contributed by atoms with Crippen LogP contribution in [-0.2, 0) is 0 Å². The Bertz CT molecular complexity index is 403. The first-order valence-electron chi connectivity index (χ1n) is 6.30. The first-order chi connectivity index (χ1) is 8.72. The molecule has 3 N–H and O–H groups in total. The van der Waals surface area contributed by atoms with Crippen molar-refractivity contribution in [1.82, 2.24) is 4.98 Å². The van der Waals surface area contributed by atoms with Gasteiger partial charge in [-0.15, -0.1) is 0 Å². The van der Waals surface area contributed by atoms with Gasteiger partial charge in [0.25, 0.3) is 0 Å². The van der Waals surface area contributed by atoms with Crippen molar-refractivity contribution in [2.45, 2.75) is 32.1 Å². The van der Waals surface area contributed by atoms with Crippen molar-refractivity contribution in [1.29, 1.82) is 0 Å². The van der Waals surface area contributed by atoms with Crippen LogP contribution in [0.2, 0.25) is 10.0 Å². The average molecular weight is 289 g/mol. The molecule has 1 aliphatic rings. The summed E-state index contributed by atoms with van der Waals surface area (Å²) in [7, 11) is 0. The molecule has 0 aromatic carbocycles. The molecule has 1 saturated heterocycles. The van der Waals surface area contributed by atoms with Crippen LogP contribution in [0.4, 0.5) is 11.6 Å². The summed E-state index contributed by atoms with van der Waals surface area (Å²) in [6.07, 6.45) is 6.21. The zero-order chi connectivity index (χ0) is 13.0. The molecule has 0 bridgehead atoms. The molecule has 0 atom stereocenters. The van der Waals surface area contributed by atoms with E-state index in [9.17, 15) is 0 Å². The molecule has 0 amide bonds. The fourth-order valence-corrected chi connectivity index (χ4v) is 2.77. The van der Waals surface area contributed by atoms with Crippen LogP contribution in [0.15, 0.2) is 6.07 Å². The fourth-order valence-electron chi connectivity index (χ4n) is 2.24. The predicted octanol–water partition coefficient (Wildman–Crippen LogP) is 3.44. The van der Waals surface area contributed by atoms with Crippen molar-refractivity contribution in [3.63, 3.8) is 0 Å². The first kappa shape index (κ1) is 13.7. The van der Waals surface area contributed by atoms with Gasteiger partial charge in [-0.25, -0.2) is 10.8 Å². The van der Waals surface area contributed by atoms with Gasteiger partial charge in [0.2, 0.25) is 0 Å². The molecule has 18 heavy (non-hydrogen) atoms. The minimum absolute atomic E-state index is 0.443. The number of anilines is 2. The highest BCUT2D eigenvalue weighted by molar-refractivity contribution is 6.37. The molecule has 6 heteroatoms. The Kier molecular flexibility index (Phi) is 4.92. The first-order valence-corrected chi connectivity index (χ1v) is 7.05. The lowest BCUT2D eigenvalue weighted by Crippen LogP contribution is -2.28. The van der Waals surface area contributed by atoms with Crippen molar-refractivity contribution in [2.24, 2.45) is 5.84 Å². The number of hydrogen-bond donors (Lipinski definition) is 2. The molecule has 2 rings (SSSR count). The molecule has 0 saturated carbocycles. The van der Waals surface area contributed by atoms with E-state index in [1.807, 2.05) is 0 Å². The lowest BCUT2D eigenvalue weighted by atomic mass is 10.1. The highest BCUT2D eigenvalue weighted by Gasteiger charge is 2.16. The molecule has 0 radical (unpaired) electrons. The highest BCUT2D eigenvalue weighted by atomic mass is 35.5. The van der Waals surface area contributed by atoms with Crippen LogP contribution < -0.4 is 16.2 Å². The number of nitrogens with zero attached hydrogens (tertiary/aromatic N) is 2. The number of rotatable bonds is 2. The molecule has 1 fully saturated rings. The third-order valence-electron chi connectivity index (χ3n) is 3.20. The topological polar surface area (TPSA) is 54.2 Å². The Morgan fingerprint density at radius 1 is 1.06 bits per heavy atom. The van der Waals surface area contributed by atoms with Crippen LogP contribution in [0.1, 0.15) is 32.1 Å². The van der Waals surface area contributed by atoms with E-state index in [-0.39, 0.29) is 0 Å². The minimum atomic E-state index is 0.443. The largest absolute Gasteiger partial charge is 0.355 e. The molecular weight excluding hydrogens is 271 g/mol. The Hall–Kier alpha value is -0.710. The Morgan fingerprint density at radius 2 is 1.67 bits per heavy atom. The summed E-state index contributed by atoms with van der Waals surface area (Å²) in [5, 5.41) is 1.03. The number of nitrogen functional groups attached to an aromatic ring is 1. The van der Waals surface area contributed by atoms with Crippen LogP contribution in [0, 0.1) is 0 Å². The average Bonchev–Trinajstić information content (AvgIpc) is 2.30. The second-order valence-corrected chi connectivity index (χ2v) is 5.34. The molecular formula is C12H18Cl2N4. The van der Waals surface area contributed by atoms with Gasteiger partial charge in [-0.05, 0) is 18.9 Å². The quantitative estimate of drug-likeness (QED) is 0.647. The smallest absolute Gasteiger partial charge is 0.161 e. The number of nitrogens with two attached hydrogens (primary N) is 1. The van der Waals surface area contributed by atoms with Gasteiger partial charge in [0.05, 0.1) is 10.0 Å². The maximum absolute atomic E-state index is 6.23. The molecule has 1 aromatic heterocycles. The van der Waals surface area contributed by atoms with Gasteiger partial charge in [0, 0.05) is 13.1 Å². The van der Waals surface area contributed by atoms with Crippen LogP contribution in [0.25, 0.3) is 0 Å². The molecule has 100 valence electrons. The van der Waals surface area contributed by atoms with Crippen LogP contribution in [0.3, 0.4) is 0 Å². The number of hydrazine groups is 1. The number of aromatic nitrogens is 1. The Balaban J connectivity index is 2.24. The second-order valence-electron chi connectivity index (χ2n) is 4.52. The molecule has 0 aliphatic carbocycles. The fraction of sp³-hybridized carbons (Fsp3) is 0.583. The van der Waals surface area contributed by atoms with E-state index in [2.05, 4.69) is 15.3 Å². The van der Waals surface area contributed by atoms with Crippen molar-refractivity contribution < 1.29 is 0 Å². The van der Waals surface area contributed by atoms with Crippen molar-refractivity contribution in [2.75, 3.05) is 23.4 Å². The van der Waals surface area contributed by atoms with Gasteiger partial charge in [-0.1, -0.05) is 42.5 Å². The van der Waals surface area contributed by atoms with E-state index >= 15 is 0 Å². The summed E-state index contributed by atoms with van der Waals surface area (Å²) < 4.78 is 0. The van der Waals surface area contributed by atoms with Crippen LogP contribution in [-0.4, -0.2) is 18.1 Å². The van der Waals surface area contributed by atoms with Crippen molar-refractivity contribution in [3.05, 3.63) is 16.1 Å². The summed E-state index contributed by atoms with van der Waals surface area (Å²) in [5.41, 5.74) is 2.50. The maximum atomic E-state index is 6.23. The number of pyridine rings is 1. The van der Waals surface area contributed by atoms with Gasteiger partial charge in [-0.3, -0.25) is 0 Å². The lowest BCUT2D eigenvalue weighted by molar-refractivity contribution is 0.554. The van der Waals surface area contributed by atoms with Crippen LogP contribution >= 0.6 is 23.2 Å². The summed E-state index contributed by atoms with van der Waals surface area (Å²) >= 11 is 12.2. The van der Waals surface area contributed by atoms with E-state index < -0.39 is 0 Å². The zero-order valence-electron chi connectivity index (χ0n) is 10.3. The maximum Gasteiger partial charge on any atom is 0.161 e. The predicted molar refractivity (Wildman–Crippen MR) is 77.4 cm³/mol. The standard InChI is InChI=1S/C12H18Cl2N4/c13-9-8-10(14)12(16-11(9)17-15)18-6-4-2-1-3-5-7-18/h8H,1-7,15H2,(H,16,17). The summed E-state index contributed by atoms with van der Waals surface area (Å²) in [6.45, 7) is 1.97. The molecule has 0 spiro atoms. The molecule has 0 unspecified atom stereocenters. The third-order valence-corrected chi connectivity index (χ3v) is 3.77. The zero-order valence-corrected chi connectivity index (χ0v) is 11.8. The Labute approximate surface area is 117 Å². The van der Waals surface area contributed by atoms with Gasteiger partial charge < -0.3 is 10.3 Å². The van der Waals surface area contributed by atoms with Gasteiger partial charge in [0.15, 0.2) is 5.82 Å². The van der Waals surface area contributed by atoms with E-state index in [0.717, 1.165) is 18.9 Å². The third kappa shape index (κ3) is 3.19. The van der Waals surface area contributed by atoms with Crippen molar-refractivity contribution in [3.8, 4) is 0 Å². The summed E-state index contributed by atoms with van der Waals surface area (Å²) in [6, 6.07) is 1.69. The van der Waals surface area contributed by atoms with E-state index in [1.165, 1.54) is 32.1 Å². The number of nitrogens with one attached hydrogen (secondary N) is 1. The number of hydrogen-bond acceptors (Lipinski definition) is 4. The summed E-state index contributed by atoms with van der Waals surface area (Å²) in [4.78, 5) is 6.63. The van der Waals surface area contributed by atoms with Gasteiger partial charge >= 0.3 is 0 Å². The van der Waals surface area contributed by atoms with E-state index in [1.54, 1.807) is 6.07 Å². The molecule has 1 aliphatic heterocycles. The van der Waals surface area contributed by atoms with Crippen LogP contribution in [0.5, 0.6) is 0 Å². The van der Waals surface area contributed by atoms with Gasteiger partial charge in [0.1, 0.15) is 5.82 Å². The van der Waals surface area contributed by atoms with Gasteiger partial charge in [-0.2, -0.15) is 0 Å². The molecule has 1 aromatic rings. The van der Waals surface area contributed by atoms with E-state index in [4.69, 9.17) is 29.0 Å². The highest BCUT2D eigenvalue weighted by Crippen LogP contribution is 2.31.